The molecule has 10 N–H and O–H groups in total. The van der Waals surface area contributed by atoms with Crippen LogP contribution in [0.4, 0.5) is 22.7 Å². The average Bonchev–Trinajstić information content (AvgIpc) is 2.59. The maximum Gasteiger partial charge on any atom is 0.295 e. The molecular formula is C60H86N14O8S2. The van der Waals surface area contributed by atoms with E-state index in [0.717, 1.165) is 38.3 Å². The van der Waals surface area contributed by atoms with E-state index in [-0.39, 0.29) is 56.5 Å². The molecule has 0 saturated heterocycles. The topological polar surface area (TPSA) is 325 Å². The lowest BCUT2D eigenvalue weighted by molar-refractivity contribution is 0.312. The molecule has 0 radical (unpaired) electrons. The van der Waals surface area contributed by atoms with Crippen LogP contribution in [0.3, 0.4) is 0 Å². The predicted molar refractivity (Wildman–Crippen MR) is 329 cm³/mol. The van der Waals surface area contributed by atoms with Gasteiger partial charge in [0.15, 0.2) is 0 Å². The average molecular weight is 1200 g/mol. The van der Waals surface area contributed by atoms with Crippen LogP contribution in [0.15, 0.2) is 100 Å². The van der Waals surface area contributed by atoms with Gasteiger partial charge >= 0.3 is 0 Å². The molecule has 84 heavy (non-hydrogen) atoms. The fourth-order valence-corrected chi connectivity index (χ4v) is 10.6. The highest BCUT2D eigenvalue weighted by Crippen LogP contribution is 2.43. The zero-order valence-corrected chi connectivity index (χ0v) is 53.0. The Morgan fingerprint density at radius 1 is 0.417 bits per heavy atom. The number of aromatic hydroxyl groups is 2. The summed E-state index contributed by atoms with van der Waals surface area (Å²) < 4.78 is 73.5. The minimum absolute atomic E-state index is 0.0311. The van der Waals surface area contributed by atoms with Crippen molar-refractivity contribution >= 4 is 55.1 Å². The van der Waals surface area contributed by atoms with E-state index in [1.807, 2.05) is 107 Å². The Morgan fingerprint density at radius 3 is 0.929 bits per heavy atom. The van der Waals surface area contributed by atoms with Crippen LogP contribution in [0.1, 0.15) is 144 Å². The van der Waals surface area contributed by atoms with Gasteiger partial charge in [-0.2, -0.15) is 16.8 Å². The van der Waals surface area contributed by atoms with Gasteiger partial charge in [-0.3, -0.25) is 49.0 Å². The number of benzene rings is 4. The molecule has 4 aromatic carbocycles. The molecule has 6 rings (SSSR count). The van der Waals surface area contributed by atoms with Gasteiger partial charge in [0.25, 0.3) is 20.2 Å². The van der Waals surface area contributed by atoms with Crippen molar-refractivity contribution in [1.82, 2.24) is 39.7 Å². The molecule has 2 aromatic heterocycles. The number of H-pyrrole nitrogens is 6. The summed E-state index contributed by atoms with van der Waals surface area (Å²) in [5.74, 6) is 0.399. The van der Waals surface area contributed by atoms with Crippen LogP contribution < -0.4 is 33.7 Å². The minimum atomic E-state index is -4.93. The van der Waals surface area contributed by atoms with Gasteiger partial charge in [-0.15, -0.1) is 0 Å². The first-order valence-electron chi connectivity index (χ1n) is 28.2. The van der Waals surface area contributed by atoms with Crippen molar-refractivity contribution in [2.24, 2.45) is 30.0 Å². The van der Waals surface area contributed by atoms with Gasteiger partial charge in [-0.25, -0.2) is 20.0 Å². The number of aromatic nitrogens is 6. The Balaban J connectivity index is 1.47. The summed E-state index contributed by atoms with van der Waals surface area (Å²) in [7, 11) is -9.86. The summed E-state index contributed by atoms with van der Waals surface area (Å²) in [6.07, 6.45) is 2.58. The summed E-state index contributed by atoms with van der Waals surface area (Å²) in [5.41, 5.74) is 3.66. The molecule has 456 valence electrons. The Kier molecular flexibility index (Phi) is 20.7. The molecule has 0 bridgehead atoms. The number of likely N-dealkylation sites (N-methyl/N-ethyl adjacent to an activating group) is 2. The maximum absolute atomic E-state index is 13.1. The molecule has 0 saturated carbocycles. The third-order valence-electron chi connectivity index (χ3n) is 14.0. The maximum atomic E-state index is 13.1. The molecule has 22 nitrogen and oxygen atoms in total. The lowest BCUT2D eigenvalue weighted by Gasteiger charge is -2.27. The number of hydrogen-bond acceptors (Lipinski definition) is 14. The van der Waals surface area contributed by atoms with Crippen molar-refractivity contribution < 1.29 is 36.2 Å². The van der Waals surface area contributed by atoms with Crippen LogP contribution in [0.2, 0.25) is 0 Å². The quantitative estimate of drug-likeness (QED) is 0.0290. The molecule has 6 aromatic rings. The minimum Gasteiger partial charge on any atom is -0.507 e. The normalized spacial score (nSPS) is 14.6. The van der Waals surface area contributed by atoms with E-state index in [9.17, 15) is 36.2 Å². The van der Waals surface area contributed by atoms with E-state index in [1.165, 1.54) is 36.4 Å². The predicted octanol–water partition coefficient (Wildman–Crippen LogP) is 8.33. The van der Waals surface area contributed by atoms with Crippen molar-refractivity contribution in [2.75, 3.05) is 52.4 Å². The first kappa shape index (κ1) is 65.9. The van der Waals surface area contributed by atoms with E-state index in [1.54, 1.807) is 0 Å². The largest absolute Gasteiger partial charge is 0.507 e. The highest BCUT2D eigenvalue weighted by Gasteiger charge is 2.28. The molecule has 24 heteroatoms. The van der Waals surface area contributed by atoms with Crippen molar-refractivity contribution in [1.29, 1.82) is 0 Å². The second kappa shape index (κ2) is 26.4. The van der Waals surface area contributed by atoms with E-state index in [4.69, 9.17) is 20.0 Å². The van der Waals surface area contributed by atoms with Crippen LogP contribution in [0.25, 0.3) is 12.2 Å². The van der Waals surface area contributed by atoms with E-state index in [0.29, 0.717) is 71.0 Å². The molecule has 0 amide bonds. The highest BCUT2D eigenvalue weighted by molar-refractivity contribution is 7.86. The van der Waals surface area contributed by atoms with Crippen molar-refractivity contribution in [3.8, 4) is 11.5 Å². The van der Waals surface area contributed by atoms with Gasteiger partial charge in [-0.05, 0) is 107 Å². The van der Waals surface area contributed by atoms with Gasteiger partial charge in [0.1, 0.15) is 21.3 Å². The Hall–Kier alpha value is -7.22. The third-order valence-corrected chi connectivity index (χ3v) is 15.8. The fraction of sp³-hybridized carbons (Fsp3) is 0.467. The number of rotatable bonds is 18. The van der Waals surface area contributed by atoms with Crippen LogP contribution in [0.5, 0.6) is 11.5 Å². The molecule has 0 fully saturated rings. The SMILES string of the molecule is CCN(CC)CCN=c1[nH]c(=Nc2cc(C(C)(C)C)c(O)c(C(C)(C)C)c2)[nH]c(=Nc2ccc(/C=C/c3ccc(N=c4[nH]c(=NCCN(CC)CC)[nH]c(=Nc5cc(C(C)(C)C)c(O)c(C(C)(C)C)c5)[nH]4)cc3S(=O)(=O)O)c(S(=O)(=O)O)c2)[nH]1. The Labute approximate surface area is 492 Å². The van der Waals surface area contributed by atoms with Crippen LogP contribution >= 0.6 is 0 Å². The van der Waals surface area contributed by atoms with Gasteiger partial charge in [0.2, 0.25) is 33.7 Å². The number of phenols is 2. The van der Waals surface area contributed by atoms with Gasteiger partial charge in [0, 0.05) is 35.3 Å². The molecule has 0 aliphatic carbocycles. The fourth-order valence-electron chi connectivity index (χ4n) is 9.19. The molecule has 0 aliphatic heterocycles. The number of aromatic amines is 6. The van der Waals surface area contributed by atoms with E-state index in [2.05, 4.69) is 77.4 Å². The number of nitrogens with zero attached hydrogens (tertiary/aromatic N) is 8. The second-order valence-corrected chi connectivity index (χ2v) is 27.4. The van der Waals surface area contributed by atoms with Crippen LogP contribution in [-0.2, 0) is 41.9 Å². The van der Waals surface area contributed by atoms with Gasteiger partial charge in [0.05, 0.1) is 35.8 Å². The molecule has 2 heterocycles. The van der Waals surface area contributed by atoms with Gasteiger partial charge < -0.3 is 20.0 Å². The monoisotopic (exact) mass is 1190 g/mol. The lowest BCUT2D eigenvalue weighted by atomic mass is 9.79. The number of nitrogens with one attached hydrogen (secondary N) is 6. The van der Waals surface area contributed by atoms with Crippen LogP contribution in [-0.4, -0.2) is 128 Å². The summed E-state index contributed by atoms with van der Waals surface area (Å²) >= 11 is 0. The smallest absolute Gasteiger partial charge is 0.295 e. The first-order chi connectivity index (χ1) is 39.0. The third kappa shape index (κ3) is 17.7. The molecule has 0 spiro atoms. The summed E-state index contributed by atoms with van der Waals surface area (Å²) in [5, 5.41) is 22.8. The lowest BCUT2D eigenvalue weighted by Crippen LogP contribution is -2.37. The Morgan fingerprint density at radius 2 is 0.679 bits per heavy atom. The Bertz CT molecular complexity index is 3740. The zero-order chi connectivity index (χ0) is 62.3. The number of hydrogen-bond donors (Lipinski definition) is 10. The standard InChI is InChI=1S/C60H86N14O8S2/c1-17-73(18-2)29-27-61-51-67-53(71-55(69-51)65-41-31-43(57(5,6)7)49(75)44(32-41)58(8,9)10)63-39-25-23-37(47(35-39)83(77,78)79)21-22-38-24-26-40(36-48(38)84(80,81)82)64-54-68-52(62-28-30-74(19-3)20-4)70-56(72-54)66-42-33-45(59(11,12)13)50(76)46(34-42)60(14,15)16/h21-26,31-36,75-76H,17-20,27-30H2,1-16H3,(H,77,78,79)(H,80,81,82)(H3,61,63,65,67,69,71)(H3,62,64,66,68,70,72)/b22-21+. The van der Waals surface area contributed by atoms with E-state index >= 15 is 0 Å². The summed E-state index contributed by atoms with van der Waals surface area (Å²) in [4.78, 5) is 50.8. The summed E-state index contributed by atoms with van der Waals surface area (Å²) in [6, 6.07) is 15.4. The van der Waals surface area contributed by atoms with Crippen molar-refractivity contribution in [3.63, 3.8) is 0 Å². The molecule has 0 unspecified atom stereocenters. The zero-order valence-electron chi connectivity index (χ0n) is 51.4. The highest BCUT2D eigenvalue weighted by atomic mass is 32.2. The van der Waals surface area contributed by atoms with Crippen molar-refractivity contribution in [2.45, 2.75) is 142 Å². The van der Waals surface area contributed by atoms with Gasteiger partial charge in [-0.1, -0.05) is 135 Å². The van der Waals surface area contributed by atoms with Crippen LogP contribution in [0, 0.1) is 0 Å². The molecule has 0 atom stereocenters. The number of phenolic OH excluding ortho intramolecular Hbond substituents is 2. The molecular weight excluding hydrogens is 1110 g/mol. The molecule has 0 aliphatic rings. The summed E-state index contributed by atoms with van der Waals surface area (Å²) in [6.45, 7) is 37.9. The van der Waals surface area contributed by atoms with Crippen molar-refractivity contribution in [3.05, 3.63) is 128 Å². The van der Waals surface area contributed by atoms with E-state index < -0.39 is 51.7 Å². The first-order valence-corrected chi connectivity index (χ1v) is 31.1. The second-order valence-electron chi connectivity index (χ2n) is 24.6.